The number of carbonyl (C=O) groups is 2. The lowest BCUT2D eigenvalue weighted by molar-refractivity contribution is -0.113. The maximum atomic E-state index is 12.6. The number of thioether (sulfide) groups is 1. The van der Waals surface area contributed by atoms with E-state index in [4.69, 9.17) is 9.88 Å². The van der Waals surface area contributed by atoms with Crippen LogP contribution in [0, 0.1) is 0 Å². The van der Waals surface area contributed by atoms with Crippen LogP contribution in [-0.2, 0) is 32.7 Å². The summed E-state index contributed by atoms with van der Waals surface area (Å²) >= 11 is 1.41. The lowest BCUT2D eigenvalue weighted by Crippen LogP contribution is -2.19. The number of anilines is 1. The molecule has 0 atom stereocenters. The lowest BCUT2D eigenvalue weighted by Gasteiger charge is -2.16. The number of unbranched alkanes of at least 4 members (excludes halogenated alkanes) is 1. The minimum Gasteiger partial charge on any atom is -0.454 e. The van der Waals surface area contributed by atoms with Crippen LogP contribution in [0.25, 0.3) is 11.0 Å². The van der Waals surface area contributed by atoms with Crippen LogP contribution in [0.4, 0.5) is 5.69 Å². The molecule has 1 aliphatic heterocycles. The monoisotopic (exact) mass is 474 g/mol. The molecule has 0 fully saturated rings. The predicted molar refractivity (Wildman–Crippen MR) is 121 cm³/mol. The van der Waals surface area contributed by atoms with E-state index in [1.807, 2.05) is 4.57 Å². The maximum Gasteiger partial charge on any atom is 0.338 e. The number of ether oxygens (including phenoxy) is 1. The van der Waals surface area contributed by atoms with Gasteiger partial charge in [0.1, 0.15) is 12.4 Å². The fourth-order valence-electron chi connectivity index (χ4n) is 3.44. The highest BCUT2D eigenvalue weighted by molar-refractivity contribution is 8.00. The summed E-state index contributed by atoms with van der Waals surface area (Å²) in [5.41, 5.74) is 2.11. The first-order valence-electron chi connectivity index (χ1n) is 10.0. The second-order valence-corrected chi connectivity index (χ2v) is 9.93. The minimum absolute atomic E-state index is 0.0253. The van der Waals surface area contributed by atoms with E-state index >= 15 is 0 Å². The van der Waals surface area contributed by atoms with Gasteiger partial charge in [-0.25, -0.2) is 23.3 Å². The molecule has 2 heterocycles. The number of esters is 1. The van der Waals surface area contributed by atoms with E-state index in [0.29, 0.717) is 34.9 Å². The van der Waals surface area contributed by atoms with Crippen LogP contribution in [0.2, 0.25) is 0 Å². The number of carbonyl (C=O) groups excluding carboxylic acids is 2. The summed E-state index contributed by atoms with van der Waals surface area (Å²) in [7, 11) is -3.85. The highest BCUT2D eigenvalue weighted by atomic mass is 32.2. The van der Waals surface area contributed by atoms with E-state index < -0.39 is 16.0 Å². The number of aryl methyl sites for hydroxylation is 1. The molecule has 1 amide bonds. The third-order valence-electron chi connectivity index (χ3n) is 5.04. The molecule has 32 heavy (non-hydrogen) atoms. The molecule has 0 aliphatic carbocycles. The van der Waals surface area contributed by atoms with Crippen molar-refractivity contribution in [3.05, 3.63) is 47.8 Å². The Morgan fingerprint density at radius 3 is 2.84 bits per heavy atom. The number of rotatable bonds is 7. The van der Waals surface area contributed by atoms with Crippen molar-refractivity contribution in [3.8, 4) is 0 Å². The second-order valence-electron chi connectivity index (χ2n) is 7.35. The Bertz CT molecular complexity index is 1320. The molecule has 0 radical (unpaired) electrons. The number of benzene rings is 2. The van der Waals surface area contributed by atoms with Gasteiger partial charge in [0.05, 0.1) is 32.9 Å². The van der Waals surface area contributed by atoms with Crippen molar-refractivity contribution in [1.82, 2.24) is 9.55 Å². The average molecular weight is 475 g/mol. The van der Waals surface area contributed by atoms with Crippen LogP contribution >= 0.6 is 11.8 Å². The van der Waals surface area contributed by atoms with E-state index in [9.17, 15) is 18.0 Å². The fraction of sp³-hybridized carbons (Fsp3) is 0.286. The number of nitrogens with two attached hydrogens (primary N) is 1. The summed E-state index contributed by atoms with van der Waals surface area (Å²) in [5, 5.41) is 7.99. The van der Waals surface area contributed by atoms with Crippen molar-refractivity contribution >= 4 is 50.4 Å². The van der Waals surface area contributed by atoms with Gasteiger partial charge < -0.3 is 14.6 Å². The Morgan fingerprint density at radius 2 is 2.09 bits per heavy atom. The minimum atomic E-state index is -3.85. The molecule has 0 spiro atoms. The van der Waals surface area contributed by atoms with Crippen LogP contribution < -0.4 is 10.5 Å². The number of imidazole rings is 1. The van der Waals surface area contributed by atoms with Crippen molar-refractivity contribution in [1.29, 1.82) is 0 Å². The first kappa shape index (κ1) is 22.3. The van der Waals surface area contributed by atoms with Gasteiger partial charge in [-0.2, -0.15) is 0 Å². The smallest absolute Gasteiger partial charge is 0.338 e. The van der Waals surface area contributed by atoms with Crippen molar-refractivity contribution in [2.75, 3.05) is 11.1 Å². The Balaban J connectivity index is 1.58. The molecule has 3 aromatic rings. The zero-order chi connectivity index (χ0) is 22.9. The summed E-state index contributed by atoms with van der Waals surface area (Å²) < 4.78 is 30.8. The zero-order valence-corrected chi connectivity index (χ0v) is 19.0. The topological polar surface area (TPSA) is 133 Å². The number of hydrogen-bond acceptors (Lipinski definition) is 7. The molecule has 168 valence electrons. The zero-order valence-electron chi connectivity index (χ0n) is 17.3. The van der Waals surface area contributed by atoms with Crippen LogP contribution in [0.3, 0.4) is 0 Å². The first-order valence-corrected chi connectivity index (χ1v) is 12.5. The standard InChI is InChI=1S/C21H22N4O5S2/c1-2-3-8-25-17-6-5-14(32(22,28)29)10-15(17)23-19(25)11-30-21(27)13-4-7-18-16(9-13)24-20(26)12-31-18/h4-7,9-10H,2-3,8,11-12H2,1H3,(H,24,26)(H2,22,28,29). The summed E-state index contributed by atoms with van der Waals surface area (Å²) in [6, 6.07) is 9.55. The first-order chi connectivity index (χ1) is 15.3. The highest BCUT2D eigenvalue weighted by Crippen LogP contribution is 2.32. The Morgan fingerprint density at radius 1 is 1.28 bits per heavy atom. The molecule has 0 unspecified atom stereocenters. The molecular formula is C21H22N4O5S2. The number of hydrogen-bond donors (Lipinski definition) is 2. The predicted octanol–water partition coefficient (Wildman–Crippen LogP) is 2.89. The highest BCUT2D eigenvalue weighted by Gasteiger charge is 2.19. The molecule has 0 bridgehead atoms. The molecule has 0 saturated heterocycles. The maximum absolute atomic E-state index is 12.6. The molecule has 0 saturated carbocycles. The van der Waals surface area contributed by atoms with Crippen LogP contribution in [0.1, 0.15) is 35.9 Å². The van der Waals surface area contributed by atoms with Crippen LogP contribution in [-0.4, -0.2) is 35.6 Å². The molecule has 9 nitrogen and oxygen atoms in total. The molecular weight excluding hydrogens is 452 g/mol. The number of amides is 1. The van der Waals surface area contributed by atoms with E-state index in [1.165, 1.54) is 23.9 Å². The molecule has 11 heteroatoms. The average Bonchev–Trinajstić information content (AvgIpc) is 3.11. The summed E-state index contributed by atoms with van der Waals surface area (Å²) in [5.74, 6) is 0.196. The van der Waals surface area contributed by atoms with E-state index in [2.05, 4.69) is 17.2 Å². The fourth-order valence-corrected chi connectivity index (χ4v) is 4.76. The molecule has 1 aromatic heterocycles. The third-order valence-corrected chi connectivity index (χ3v) is 7.03. The molecule has 4 rings (SSSR count). The Kier molecular flexibility index (Phi) is 6.22. The number of aromatic nitrogens is 2. The van der Waals surface area contributed by atoms with E-state index in [-0.39, 0.29) is 17.4 Å². The van der Waals surface area contributed by atoms with Gasteiger partial charge >= 0.3 is 5.97 Å². The normalized spacial score (nSPS) is 13.6. The van der Waals surface area contributed by atoms with Gasteiger partial charge in [0.2, 0.25) is 15.9 Å². The Labute approximate surface area is 189 Å². The van der Waals surface area contributed by atoms with Crippen LogP contribution in [0.15, 0.2) is 46.2 Å². The van der Waals surface area contributed by atoms with E-state index in [1.54, 1.807) is 24.3 Å². The van der Waals surface area contributed by atoms with Gasteiger partial charge in [0, 0.05) is 11.4 Å². The molecule has 1 aliphatic rings. The van der Waals surface area contributed by atoms with E-state index in [0.717, 1.165) is 23.3 Å². The largest absolute Gasteiger partial charge is 0.454 e. The number of nitrogens with one attached hydrogen (secondary N) is 1. The SMILES string of the molecule is CCCCn1c(COC(=O)c2ccc3c(c2)NC(=O)CS3)nc2cc(S(N)(=O)=O)ccc21. The van der Waals surface area contributed by atoms with Crippen molar-refractivity contribution in [2.45, 2.75) is 42.7 Å². The van der Waals surface area contributed by atoms with Gasteiger partial charge in [0.25, 0.3) is 0 Å². The summed E-state index contributed by atoms with van der Waals surface area (Å²) in [6.45, 7) is 2.63. The van der Waals surface area contributed by atoms with Crippen molar-refractivity contribution in [2.24, 2.45) is 5.14 Å². The van der Waals surface area contributed by atoms with Gasteiger partial charge in [-0.05, 0) is 42.8 Å². The molecule has 3 N–H and O–H groups in total. The van der Waals surface area contributed by atoms with Gasteiger partial charge in [-0.1, -0.05) is 13.3 Å². The Hall–Kier alpha value is -2.89. The van der Waals surface area contributed by atoms with Gasteiger partial charge in [0.15, 0.2) is 0 Å². The van der Waals surface area contributed by atoms with Gasteiger partial charge in [-0.3, -0.25) is 4.79 Å². The second kappa shape index (κ2) is 8.93. The third kappa shape index (κ3) is 4.64. The quantitative estimate of drug-likeness (QED) is 0.503. The lowest BCUT2D eigenvalue weighted by atomic mass is 10.2. The number of sulfonamides is 1. The summed E-state index contributed by atoms with van der Waals surface area (Å²) in [6.07, 6.45) is 1.83. The van der Waals surface area contributed by atoms with Crippen molar-refractivity contribution in [3.63, 3.8) is 0 Å². The molecule has 2 aromatic carbocycles. The summed E-state index contributed by atoms with van der Waals surface area (Å²) in [4.78, 5) is 29.6. The van der Waals surface area contributed by atoms with Crippen LogP contribution in [0.5, 0.6) is 0 Å². The number of primary sulfonamides is 1. The van der Waals surface area contributed by atoms with Crippen molar-refractivity contribution < 1.29 is 22.7 Å². The number of nitrogens with zero attached hydrogens (tertiary/aromatic N) is 2. The number of fused-ring (bicyclic) bond motifs is 2. The van der Waals surface area contributed by atoms with Gasteiger partial charge in [-0.15, -0.1) is 11.8 Å².